The van der Waals surface area contributed by atoms with Crippen molar-refractivity contribution in [3.63, 3.8) is 0 Å². The van der Waals surface area contributed by atoms with Crippen molar-refractivity contribution < 1.29 is 8.42 Å². The van der Waals surface area contributed by atoms with E-state index in [0.717, 1.165) is 10.0 Å². The van der Waals surface area contributed by atoms with Gasteiger partial charge in [0, 0.05) is 4.47 Å². The third-order valence-electron chi connectivity index (χ3n) is 3.29. The van der Waals surface area contributed by atoms with E-state index in [1.165, 1.54) is 0 Å². The number of hydrogen-bond donors (Lipinski definition) is 1. The fourth-order valence-electron chi connectivity index (χ4n) is 1.76. The summed E-state index contributed by atoms with van der Waals surface area (Å²) in [6, 6.07) is 7.89. The molecule has 0 saturated carbocycles. The highest BCUT2D eigenvalue weighted by Gasteiger charge is 2.29. The number of benzene rings is 1. The predicted octanol–water partition coefficient (Wildman–Crippen LogP) is 3.09. The Morgan fingerprint density at radius 3 is 2.16 bits per heavy atom. The lowest BCUT2D eigenvalue weighted by Gasteiger charge is -2.21. The molecule has 0 heterocycles. The summed E-state index contributed by atoms with van der Waals surface area (Å²) in [7, 11) is -3.08. The molecule has 2 N–H and O–H groups in total. The quantitative estimate of drug-likeness (QED) is 0.890. The van der Waals surface area contributed by atoms with Gasteiger partial charge in [0.1, 0.15) is 0 Å². The van der Waals surface area contributed by atoms with Gasteiger partial charge in [0.15, 0.2) is 9.84 Å². The molecular formula is C14H22BrNO2S. The molecule has 0 radical (unpaired) electrons. The van der Waals surface area contributed by atoms with Crippen LogP contribution in [0.25, 0.3) is 0 Å². The van der Waals surface area contributed by atoms with Crippen molar-refractivity contribution in [1.29, 1.82) is 0 Å². The van der Waals surface area contributed by atoms with Gasteiger partial charge in [-0.15, -0.1) is 0 Å². The molecule has 0 spiro atoms. The SMILES string of the molecule is CC(C)(C)S(=O)(=O)CCC(CN)c1ccc(Br)cc1. The smallest absolute Gasteiger partial charge is 0.155 e. The highest BCUT2D eigenvalue weighted by molar-refractivity contribution is 9.10. The Balaban J connectivity index is 2.77. The van der Waals surface area contributed by atoms with Gasteiger partial charge in [-0.25, -0.2) is 8.42 Å². The van der Waals surface area contributed by atoms with E-state index in [1.807, 2.05) is 24.3 Å². The monoisotopic (exact) mass is 347 g/mol. The fourth-order valence-corrected chi connectivity index (χ4v) is 3.23. The molecule has 1 unspecified atom stereocenters. The molecule has 1 rings (SSSR count). The maximum atomic E-state index is 12.1. The minimum Gasteiger partial charge on any atom is -0.330 e. The Bertz CT molecular complexity index is 503. The van der Waals surface area contributed by atoms with Crippen molar-refractivity contribution in [3.8, 4) is 0 Å². The van der Waals surface area contributed by atoms with Gasteiger partial charge in [0.05, 0.1) is 10.5 Å². The molecule has 1 aromatic rings. The molecule has 1 aromatic carbocycles. The summed E-state index contributed by atoms with van der Waals surface area (Å²) in [6.45, 7) is 5.67. The van der Waals surface area contributed by atoms with Crippen LogP contribution in [0.4, 0.5) is 0 Å². The molecule has 108 valence electrons. The van der Waals surface area contributed by atoms with Gasteiger partial charge in [0.2, 0.25) is 0 Å². The molecule has 3 nitrogen and oxygen atoms in total. The van der Waals surface area contributed by atoms with E-state index in [2.05, 4.69) is 15.9 Å². The van der Waals surface area contributed by atoms with Crippen molar-refractivity contribution in [2.24, 2.45) is 5.73 Å². The standard InChI is InChI=1S/C14H22BrNO2S/c1-14(2,3)19(17,18)9-8-12(10-16)11-4-6-13(15)7-5-11/h4-7,12H,8-10,16H2,1-3H3. The summed E-state index contributed by atoms with van der Waals surface area (Å²) in [5.74, 6) is 0.263. The zero-order valence-electron chi connectivity index (χ0n) is 11.7. The minimum absolute atomic E-state index is 0.0882. The van der Waals surface area contributed by atoms with Crippen LogP contribution in [0.2, 0.25) is 0 Å². The molecule has 0 aliphatic rings. The number of hydrogen-bond acceptors (Lipinski definition) is 3. The summed E-state index contributed by atoms with van der Waals surface area (Å²) in [6.07, 6.45) is 0.567. The zero-order chi connectivity index (χ0) is 14.7. The Hall–Kier alpha value is -0.390. The van der Waals surface area contributed by atoms with E-state index < -0.39 is 14.6 Å². The van der Waals surface area contributed by atoms with Crippen LogP contribution < -0.4 is 5.73 Å². The lowest BCUT2D eigenvalue weighted by molar-refractivity contribution is 0.551. The largest absolute Gasteiger partial charge is 0.330 e. The van der Waals surface area contributed by atoms with E-state index in [4.69, 9.17) is 5.73 Å². The first-order valence-corrected chi connectivity index (χ1v) is 8.80. The number of nitrogens with two attached hydrogens (primary N) is 1. The number of halogens is 1. The highest BCUT2D eigenvalue weighted by atomic mass is 79.9. The highest BCUT2D eigenvalue weighted by Crippen LogP contribution is 2.24. The lowest BCUT2D eigenvalue weighted by atomic mass is 9.97. The van der Waals surface area contributed by atoms with Gasteiger partial charge in [-0.2, -0.15) is 0 Å². The van der Waals surface area contributed by atoms with Crippen LogP contribution in [0.3, 0.4) is 0 Å². The zero-order valence-corrected chi connectivity index (χ0v) is 14.1. The summed E-state index contributed by atoms with van der Waals surface area (Å²) in [5.41, 5.74) is 6.87. The van der Waals surface area contributed by atoms with Crippen LogP contribution >= 0.6 is 15.9 Å². The van der Waals surface area contributed by atoms with E-state index in [-0.39, 0.29) is 11.7 Å². The first kappa shape index (κ1) is 16.7. The van der Waals surface area contributed by atoms with Crippen LogP contribution in [0.5, 0.6) is 0 Å². The second-order valence-electron chi connectivity index (χ2n) is 5.70. The third kappa shape index (κ3) is 4.58. The van der Waals surface area contributed by atoms with E-state index in [0.29, 0.717) is 13.0 Å². The maximum absolute atomic E-state index is 12.1. The molecule has 0 saturated heterocycles. The van der Waals surface area contributed by atoms with Gasteiger partial charge in [-0.3, -0.25) is 0 Å². The van der Waals surface area contributed by atoms with Crippen LogP contribution in [-0.2, 0) is 9.84 Å². The second-order valence-corrected chi connectivity index (χ2v) is 9.48. The average molecular weight is 348 g/mol. The summed E-state index contributed by atoms with van der Waals surface area (Å²) < 4.78 is 24.5. The molecular weight excluding hydrogens is 326 g/mol. The van der Waals surface area contributed by atoms with Crippen molar-refractivity contribution >= 4 is 25.8 Å². The summed E-state index contributed by atoms with van der Waals surface area (Å²) in [5, 5.41) is 0. The van der Waals surface area contributed by atoms with Gasteiger partial charge in [0.25, 0.3) is 0 Å². The summed E-state index contributed by atoms with van der Waals surface area (Å²) >= 11 is 3.39. The molecule has 5 heteroatoms. The van der Waals surface area contributed by atoms with Gasteiger partial charge in [-0.1, -0.05) is 28.1 Å². The van der Waals surface area contributed by atoms with Gasteiger partial charge < -0.3 is 5.73 Å². The topological polar surface area (TPSA) is 60.2 Å². The Morgan fingerprint density at radius 1 is 1.21 bits per heavy atom. The predicted molar refractivity (Wildman–Crippen MR) is 84.1 cm³/mol. The minimum atomic E-state index is -3.08. The summed E-state index contributed by atoms with van der Waals surface area (Å²) in [4.78, 5) is 0. The van der Waals surface area contributed by atoms with Crippen LogP contribution in [0, 0.1) is 0 Å². The van der Waals surface area contributed by atoms with Crippen molar-refractivity contribution in [1.82, 2.24) is 0 Å². The maximum Gasteiger partial charge on any atom is 0.155 e. The fraction of sp³-hybridized carbons (Fsp3) is 0.571. The van der Waals surface area contributed by atoms with E-state index in [1.54, 1.807) is 20.8 Å². The molecule has 19 heavy (non-hydrogen) atoms. The van der Waals surface area contributed by atoms with Crippen LogP contribution in [0.1, 0.15) is 38.7 Å². The molecule has 0 fully saturated rings. The molecule has 0 aromatic heterocycles. The molecule has 0 aliphatic heterocycles. The Labute approximate surface area is 124 Å². The van der Waals surface area contributed by atoms with Crippen LogP contribution in [-0.4, -0.2) is 25.5 Å². The van der Waals surface area contributed by atoms with E-state index in [9.17, 15) is 8.42 Å². The second kappa shape index (κ2) is 6.37. The number of sulfone groups is 1. The van der Waals surface area contributed by atoms with E-state index >= 15 is 0 Å². The average Bonchev–Trinajstić information content (AvgIpc) is 2.30. The van der Waals surface area contributed by atoms with Crippen LogP contribution in [0.15, 0.2) is 28.7 Å². The van der Waals surface area contributed by atoms with Crippen molar-refractivity contribution in [2.45, 2.75) is 37.9 Å². The number of rotatable bonds is 5. The Morgan fingerprint density at radius 2 is 1.74 bits per heavy atom. The Kier molecular flexibility index (Phi) is 5.59. The first-order valence-electron chi connectivity index (χ1n) is 6.35. The molecule has 0 bridgehead atoms. The van der Waals surface area contributed by atoms with Gasteiger partial charge in [-0.05, 0) is 57.4 Å². The molecule has 1 atom stereocenters. The van der Waals surface area contributed by atoms with Crippen molar-refractivity contribution in [3.05, 3.63) is 34.3 Å². The normalized spacial score (nSPS) is 14.4. The lowest BCUT2D eigenvalue weighted by Crippen LogP contribution is -2.31. The molecule has 0 amide bonds. The third-order valence-corrected chi connectivity index (χ3v) is 6.46. The first-order chi connectivity index (χ1) is 8.67. The molecule has 0 aliphatic carbocycles. The van der Waals surface area contributed by atoms with Gasteiger partial charge >= 0.3 is 0 Å². The van der Waals surface area contributed by atoms with Crippen molar-refractivity contribution in [2.75, 3.05) is 12.3 Å².